The third-order valence-corrected chi connectivity index (χ3v) is 7.33. The summed E-state index contributed by atoms with van der Waals surface area (Å²) in [7, 11) is 3.00. The number of benzene rings is 2. The molecule has 1 N–H and O–H groups in total. The fourth-order valence-electron chi connectivity index (χ4n) is 5.23. The zero-order valence-corrected chi connectivity index (χ0v) is 20.4. The maximum absolute atomic E-state index is 14.1. The highest BCUT2D eigenvalue weighted by Gasteiger charge is 2.53. The van der Waals surface area contributed by atoms with E-state index in [4.69, 9.17) is 21.1 Å². The van der Waals surface area contributed by atoms with Crippen LogP contribution in [0.25, 0.3) is 10.8 Å². The number of carbonyl (C=O) groups is 1. The molecule has 0 bridgehead atoms. The van der Waals surface area contributed by atoms with Crippen molar-refractivity contribution >= 4 is 34.0 Å². The van der Waals surface area contributed by atoms with E-state index in [0.717, 1.165) is 37.9 Å². The summed E-state index contributed by atoms with van der Waals surface area (Å²) >= 11 is 6.28. The lowest BCUT2D eigenvalue weighted by molar-refractivity contribution is -0.117. The van der Waals surface area contributed by atoms with Crippen LogP contribution < -0.4 is 15.6 Å². The van der Waals surface area contributed by atoms with Crippen molar-refractivity contribution in [2.24, 2.45) is 12.5 Å². The lowest BCUT2D eigenvalue weighted by Gasteiger charge is -2.58. The van der Waals surface area contributed by atoms with Gasteiger partial charge in [0.15, 0.2) is 0 Å². The van der Waals surface area contributed by atoms with Crippen molar-refractivity contribution in [1.29, 1.82) is 0 Å². The third-order valence-electron chi connectivity index (χ3n) is 7.02. The van der Waals surface area contributed by atoms with E-state index in [1.807, 2.05) is 12.1 Å². The minimum Gasteiger partial charge on any atom is -0.490 e. The number of hydrogen-bond donors (Lipinski definition) is 1. The van der Waals surface area contributed by atoms with Crippen molar-refractivity contribution in [3.63, 3.8) is 0 Å². The van der Waals surface area contributed by atoms with Gasteiger partial charge in [0.05, 0.1) is 34.9 Å². The second kappa shape index (κ2) is 9.17. The van der Waals surface area contributed by atoms with Crippen LogP contribution in [-0.4, -0.2) is 54.8 Å². The molecule has 2 aliphatic rings. The Bertz CT molecular complexity index is 1340. The average Bonchev–Trinajstić information content (AvgIpc) is 2.80. The number of anilines is 1. The van der Waals surface area contributed by atoms with Crippen molar-refractivity contribution in [1.82, 2.24) is 9.47 Å². The highest BCUT2D eigenvalue weighted by Crippen LogP contribution is 2.50. The summed E-state index contributed by atoms with van der Waals surface area (Å²) in [6.45, 7) is 3.30. The Labute approximate surface area is 207 Å². The summed E-state index contributed by atoms with van der Waals surface area (Å²) in [5.41, 5.74) is 0.737. The Morgan fingerprint density at radius 1 is 1.23 bits per heavy atom. The molecule has 1 aliphatic carbocycles. The predicted molar refractivity (Wildman–Crippen MR) is 133 cm³/mol. The number of ether oxygens (including phenoxy) is 2. The first-order chi connectivity index (χ1) is 16.8. The topological polar surface area (TPSA) is 72.8 Å². The van der Waals surface area contributed by atoms with Crippen LogP contribution in [0.1, 0.15) is 23.2 Å². The normalized spacial score (nSPS) is 17.1. The molecule has 1 saturated carbocycles. The lowest BCUT2D eigenvalue weighted by atomic mass is 9.62. The fraction of sp³-hybridized carbons (Fsp3) is 0.385. The van der Waals surface area contributed by atoms with E-state index in [1.165, 1.54) is 29.9 Å². The van der Waals surface area contributed by atoms with Crippen LogP contribution in [0.15, 0.2) is 47.4 Å². The van der Waals surface area contributed by atoms with Crippen LogP contribution in [0.5, 0.6) is 5.75 Å². The monoisotopic (exact) mass is 499 g/mol. The summed E-state index contributed by atoms with van der Waals surface area (Å²) < 4.78 is 26.5. The Balaban J connectivity index is 1.11. The molecule has 184 valence electrons. The Hall–Kier alpha value is -3.10. The molecule has 0 atom stereocenters. The van der Waals surface area contributed by atoms with Gasteiger partial charge in [-0.05, 0) is 49.2 Å². The molecule has 1 aliphatic heterocycles. The van der Waals surface area contributed by atoms with Crippen LogP contribution in [-0.2, 0) is 11.8 Å². The number of fused-ring (bicyclic) bond motifs is 1. The molecule has 35 heavy (non-hydrogen) atoms. The molecule has 1 spiro atoms. The number of nitrogens with one attached hydrogen (secondary N) is 1. The second-order valence-electron chi connectivity index (χ2n) is 9.54. The summed E-state index contributed by atoms with van der Waals surface area (Å²) in [6.07, 6.45) is 3.76. The van der Waals surface area contributed by atoms with E-state index < -0.39 is 11.8 Å². The van der Waals surface area contributed by atoms with Crippen molar-refractivity contribution in [2.75, 3.05) is 38.6 Å². The van der Waals surface area contributed by atoms with Crippen LogP contribution in [0.2, 0.25) is 5.02 Å². The first kappa shape index (κ1) is 23.6. The van der Waals surface area contributed by atoms with Crippen molar-refractivity contribution in [2.45, 2.75) is 18.9 Å². The Kier molecular flexibility index (Phi) is 6.19. The highest BCUT2D eigenvalue weighted by atomic mass is 35.5. The second-order valence-corrected chi connectivity index (χ2v) is 9.94. The number of rotatable bonds is 7. The van der Waals surface area contributed by atoms with Gasteiger partial charge in [0.25, 0.3) is 5.56 Å². The molecule has 7 nitrogen and oxygen atoms in total. The SMILES string of the molecule is COC(=O)c1ccc(F)c(NCCN2CC3(CC(Oc4ccc(Cl)c5c(=O)n(C)ccc45)C3)C2)c1. The van der Waals surface area contributed by atoms with Crippen LogP contribution in [0.3, 0.4) is 0 Å². The number of halogens is 2. The molecule has 1 saturated heterocycles. The van der Waals surface area contributed by atoms with E-state index in [9.17, 15) is 14.0 Å². The van der Waals surface area contributed by atoms with Gasteiger partial charge in [0, 0.05) is 50.2 Å². The van der Waals surface area contributed by atoms with Crippen molar-refractivity contribution in [3.05, 3.63) is 69.4 Å². The fourth-order valence-corrected chi connectivity index (χ4v) is 5.48. The van der Waals surface area contributed by atoms with Gasteiger partial charge in [-0.15, -0.1) is 0 Å². The van der Waals surface area contributed by atoms with Gasteiger partial charge in [0.2, 0.25) is 0 Å². The maximum atomic E-state index is 14.1. The molecular weight excluding hydrogens is 473 g/mol. The maximum Gasteiger partial charge on any atom is 0.337 e. The highest BCUT2D eigenvalue weighted by molar-refractivity contribution is 6.35. The predicted octanol–water partition coefficient (Wildman–Crippen LogP) is 4.07. The van der Waals surface area contributed by atoms with Crippen molar-refractivity contribution < 1.29 is 18.7 Å². The summed E-state index contributed by atoms with van der Waals surface area (Å²) in [6, 6.07) is 9.58. The first-order valence-corrected chi connectivity index (χ1v) is 11.9. The molecule has 9 heteroatoms. The van der Waals surface area contributed by atoms with Gasteiger partial charge in [-0.25, -0.2) is 9.18 Å². The van der Waals surface area contributed by atoms with E-state index in [-0.39, 0.29) is 17.1 Å². The van der Waals surface area contributed by atoms with Gasteiger partial charge in [-0.1, -0.05) is 11.6 Å². The van der Waals surface area contributed by atoms with Gasteiger partial charge in [-0.3, -0.25) is 4.79 Å². The largest absolute Gasteiger partial charge is 0.490 e. The molecule has 5 rings (SSSR count). The number of nitrogens with zero attached hydrogens (tertiary/aromatic N) is 2. The number of likely N-dealkylation sites (tertiary alicyclic amines) is 1. The Morgan fingerprint density at radius 3 is 2.74 bits per heavy atom. The molecule has 0 radical (unpaired) electrons. The molecule has 2 fully saturated rings. The molecule has 0 amide bonds. The van der Waals surface area contributed by atoms with E-state index >= 15 is 0 Å². The number of carbonyl (C=O) groups excluding carboxylic acids is 1. The summed E-state index contributed by atoms with van der Waals surface area (Å²) in [4.78, 5) is 26.5. The minimum absolute atomic E-state index is 0.110. The minimum atomic E-state index is -0.492. The summed E-state index contributed by atoms with van der Waals surface area (Å²) in [5.74, 6) is -0.198. The average molecular weight is 500 g/mol. The quantitative estimate of drug-likeness (QED) is 0.494. The van der Waals surface area contributed by atoms with Crippen LogP contribution in [0, 0.1) is 11.2 Å². The Morgan fingerprint density at radius 2 is 2.00 bits per heavy atom. The van der Waals surface area contributed by atoms with E-state index in [0.29, 0.717) is 34.0 Å². The van der Waals surface area contributed by atoms with Crippen LogP contribution >= 0.6 is 11.6 Å². The molecule has 2 heterocycles. The van der Waals surface area contributed by atoms with Gasteiger partial charge < -0.3 is 24.3 Å². The number of methoxy groups -OCH3 is 1. The number of pyridine rings is 1. The zero-order valence-electron chi connectivity index (χ0n) is 19.6. The van der Waals surface area contributed by atoms with Gasteiger partial charge in [-0.2, -0.15) is 0 Å². The number of aromatic nitrogens is 1. The van der Waals surface area contributed by atoms with Gasteiger partial charge in [0.1, 0.15) is 11.6 Å². The summed E-state index contributed by atoms with van der Waals surface area (Å²) in [5, 5.41) is 4.74. The lowest BCUT2D eigenvalue weighted by Crippen LogP contribution is -2.65. The molecular formula is C26H27ClFN3O4. The van der Waals surface area contributed by atoms with Crippen LogP contribution in [0.4, 0.5) is 10.1 Å². The molecule has 3 aromatic rings. The van der Waals surface area contributed by atoms with E-state index in [1.54, 1.807) is 19.3 Å². The molecule has 1 aromatic heterocycles. The zero-order chi connectivity index (χ0) is 24.7. The number of aryl methyl sites for hydroxylation is 1. The third kappa shape index (κ3) is 4.48. The first-order valence-electron chi connectivity index (χ1n) is 11.6. The number of esters is 1. The molecule has 2 aromatic carbocycles. The van der Waals surface area contributed by atoms with E-state index in [2.05, 4.69) is 10.2 Å². The number of hydrogen-bond acceptors (Lipinski definition) is 6. The van der Waals surface area contributed by atoms with Crippen molar-refractivity contribution in [3.8, 4) is 5.75 Å². The van der Waals surface area contributed by atoms with Gasteiger partial charge >= 0.3 is 5.97 Å². The standard InChI is InChI=1S/C26H27ClFN3O4/c1-30-9-7-18-22(6-4-19(27)23(18)24(30)32)35-17-12-26(13-17)14-31(15-26)10-8-29-21-11-16(25(33)34-2)3-5-20(21)28/h3-7,9,11,17,29H,8,10,12-15H2,1-2H3. The molecule has 0 unspecified atom stereocenters. The smallest absolute Gasteiger partial charge is 0.337 e.